The van der Waals surface area contributed by atoms with Crippen LogP contribution in [0.2, 0.25) is 0 Å². The Morgan fingerprint density at radius 1 is 0.735 bits per heavy atom. The highest BCUT2D eigenvalue weighted by Crippen LogP contribution is 2.27. The van der Waals surface area contributed by atoms with Crippen molar-refractivity contribution in [2.45, 2.75) is 13.0 Å². The van der Waals surface area contributed by atoms with Gasteiger partial charge in [0, 0.05) is 24.3 Å². The van der Waals surface area contributed by atoms with Crippen molar-refractivity contribution < 1.29 is 19.1 Å². The summed E-state index contributed by atoms with van der Waals surface area (Å²) in [4.78, 5) is 41.1. The number of hydrogen-bond acceptors (Lipinski definition) is 5. The minimum absolute atomic E-state index is 0.158. The molecule has 248 valence electrons. The molecule has 49 heavy (non-hydrogen) atoms. The van der Waals surface area contributed by atoms with Gasteiger partial charge in [0.05, 0.1) is 26.6 Å². The number of methoxy groups -OCH3 is 1. The van der Waals surface area contributed by atoms with Crippen LogP contribution in [0.25, 0.3) is 23.3 Å². The smallest absolute Gasteiger partial charge is 0.251 e. The van der Waals surface area contributed by atoms with Crippen LogP contribution < -0.4 is 26.0 Å². The number of nitrogens with one attached hydrogen (secondary N) is 2. The van der Waals surface area contributed by atoms with E-state index in [1.807, 2.05) is 133 Å². The first kappa shape index (κ1) is 34.3. The summed E-state index contributed by atoms with van der Waals surface area (Å²) in [6.45, 7) is 0.820. The molecular weight excluding hydrogens is 612 g/mol. The van der Waals surface area contributed by atoms with E-state index in [9.17, 15) is 14.4 Å². The van der Waals surface area contributed by atoms with E-state index in [4.69, 9.17) is 10.5 Å². The third kappa shape index (κ3) is 9.76. The van der Waals surface area contributed by atoms with E-state index in [0.29, 0.717) is 24.3 Å². The van der Waals surface area contributed by atoms with Gasteiger partial charge in [0.2, 0.25) is 11.8 Å². The first-order valence-corrected chi connectivity index (χ1v) is 16.1. The van der Waals surface area contributed by atoms with Crippen molar-refractivity contribution in [1.82, 2.24) is 10.6 Å². The molecule has 5 aromatic rings. The van der Waals surface area contributed by atoms with E-state index in [1.165, 1.54) is 0 Å². The third-order valence-corrected chi connectivity index (χ3v) is 7.91. The number of hydrogen-bond donors (Lipinski definition) is 3. The first-order chi connectivity index (χ1) is 23.9. The summed E-state index contributed by atoms with van der Waals surface area (Å²) < 4.78 is 5.24. The molecule has 0 saturated heterocycles. The summed E-state index contributed by atoms with van der Waals surface area (Å²) in [5, 5.41) is 5.64. The van der Waals surface area contributed by atoms with Gasteiger partial charge in [-0.2, -0.15) is 0 Å². The highest BCUT2D eigenvalue weighted by Gasteiger charge is 2.19. The van der Waals surface area contributed by atoms with Crippen molar-refractivity contribution in [3.8, 4) is 16.9 Å². The molecule has 0 saturated carbocycles. The molecule has 8 heteroatoms. The van der Waals surface area contributed by atoms with E-state index in [-0.39, 0.29) is 37.2 Å². The Balaban J connectivity index is 1.37. The Kier molecular flexibility index (Phi) is 12.1. The molecule has 4 N–H and O–H groups in total. The standard InChI is InChI=1S/C41H40N4O4/c1-49-36-22-18-31(19-23-36)15-14-30-16-20-35(21-17-30)45(40(47)28-44-39(46)27-32-8-3-2-4-9-32)29-33-10-7-11-34(26-33)37-12-5-6-13-38(37)41(48)43-25-24-42/h2-23,26H,24-25,27-29,42H2,1H3,(H,43,48)(H,44,46). The third-order valence-electron chi connectivity index (χ3n) is 7.91. The molecule has 5 rings (SSSR count). The van der Waals surface area contributed by atoms with Crippen LogP contribution in [0, 0.1) is 0 Å². The fourth-order valence-electron chi connectivity index (χ4n) is 5.34. The summed E-state index contributed by atoms with van der Waals surface area (Å²) in [6, 6.07) is 40.1. The molecular formula is C41H40N4O4. The zero-order valence-electron chi connectivity index (χ0n) is 27.5. The molecule has 5 aromatic carbocycles. The van der Waals surface area contributed by atoms with Crippen molar-refractivity contribution in [1.29, 1.82) is 0 Å². The number of anilines is 1. The lowest BCUT2D eigenvalue weighted by atomic mass is 9.97. The van der Waals surface area contributed by atoms with Crippen LogP contribution in [0.3, 0.4) is 0 Å². The minimum atomic E-state index is -0.255. The number of nitrogens with two attached hydrogens (primary N) is 1. The molecule has 8 nitrogen and oxygen atoms in total. The van der Waals surface area contributed by atoms with Gasteiger partial charge in [-0.15, -0.1) is 0 Å². The van der Waals surface area contributed by atoms with Crippen LogP contribution in [-0.4, -0.2) is 44.5 Å². The number of ether oxygens (including phenoxy) is 1. The van der Waals surface area contributed by atoms with E-state index >= 15 is 0 Å². The number of carbonyl (C=O) groups excluding carboxylic acids is 3. The average Bonchev–Trinajstić information content (AvgIpc) is 3.15. The molecule has 0 atom stereocenters. The largest absolute Gasteiger partial charge is 0.497 e. The molecule has 0 aliphatic heterocycles. The molecule has 3 amide bonds. The lowest BCUT2D eigenvalue weighted by molar-refractivity contribution is -0.124. The molecule has 0 aliphatic rings. The van der Waals surface area contributed by atoms with Gasteiger partial charge in [0.25, 0.3) is 5.91 Å². The molecule has 0 aromatic heterocycles. The van der Waals surface area contributed by atoms with Crippen molar-refractivity contribution in [3.05, 3.63) is 155 Å². The first-order valence-electron chi connectivity index (χ1n) is 16.1. The Morgan fingerprint density at radius 2 is 1.39 bits per heavy atom. The van der Waals surface area contributed by atoms with Crippen LogP contribution in [0.4, 0.5) is 5.69 Å². The fraction of sp³-hybridized carbons (Fsp3) is 0.146. The zero-order valence-corrected chi connectivity index (χ0v) is 27.5. The second-order valence-electron chi connectivity index (χ2n) is 11.4. The van der Waals surface area contributed by atoms with Crippen LogP contribution in [0.15, 0.2) is 127 Å². The van der Waals surface area contributed by atoms with E-state index < -0.39 is 0 Å². The molecule has 0 heterocycles. The van der Waals surface area contributed by atoms with E-state index in [1.54, 1.807) is 18.1 Å². The van der Waals surface area contributed by atoms with Gasteiger partial charge in [0.15, 0.2) is 0 Å². The maximum Gasteiger partial charge on any atom is 0.251 e. The monoisotopic (exact) mass is 652 g/mol. The summed E-state index contributed by atoms with van der Waals surface area (Å²) in [7, 11) is 1.64. The highest BCUT2D eigenvalue weighted by molar-refractivity contribution is 6.01. The van der Waals surface area contributed by atoms with Gasteiger partial charge >= 0.3 is 0 Å². The molecule has 0 aliphatic carbocycles. The number of amides is 3. The van der Waals surface area contributed by atoms with Gasteiger partial charge in [0.1, 0.15) is 5.75 Å². The lowest BCUT2D eigenvalue weighted by Crippen LogP contribution is -2.40. The maximum atomic E-state index is 13.8. The Morgan fingerprint density at radius 3 is 2.08 bits per heavy atom. The topological polar surface area (TPSA) is 114 Å². The number of rotatable bonds is 14. The minimum Gasteiger partial charge on any atom is -0.497 e. The number of benzene rings is 5. The van der Waals surface area contributed by atoms with E-state index in [2.05, 4.69) is 10.6 Å². The normalized spacial score (nSPS) is 10.8. The average molecular weight is 653 g/mol. The van der Waals surface area contributed by atoms with Crippen LogP contribution in [0.5, 0.6) is 5.75 Å². The van der Waals surface area contributed by atoms with Gasteiger partial charge in [-0.1, -0.05) is 103 Å². The van der Waals surface area contributed by atoms with E-state index in [0.717, 1.165) is 39.1 Å². The van der Waals surface area contributed by atoms with Gasteiger partial charge in [-0.3, -0.25) is 14.4 Å². The fourth-order valence-corrected chi connectivity index (χ4v) is 5.34. The van der Waals surface area contributed by atoms with Crippen molar-refractivity contribution in [2.75, 3.05) is 31.6 Å². The van der Waals surface area contributed by atoms with Crippen molar-refractivity contribution in [3.63, 3.8) is 0 Å². The SMILES string of the molecule is COc1ccc(C=Cc2ccc(N(Cc3cccc(-c4ccccc4C(=O)NCCN)c3)C(=O)CNC(=O)Cc3ccccc3)cc2)cc1. The molecule has 0 fully saturated rings. The molecule has 0 unspecified atom stereocenters. The zero-order chi connectivity index (χ0) is 34.4. The summed E-state index contributed by atoms with van der Waals surface area (Å²) >= 11 is 0. The van der Waals surface area contributed by atoms with Gasteiger partial charge in [-0.05, 0) is 69.8 Å². The number of nitrogens with zero attached hydrogens (tertiary/aromatic N) is 1. The quantitative estimate of drug-likeness (QED) is 0.125. The second kappa shape index (κ2) is 17.2. The predicted octanol–water partition coefficient (Wildman–Crippen LogP) is 6.11. The summed E-state index contributed by atoms with van der Waals surface area (Å²) in [5.41, 5.74) is 12.2. The van der Waals surface area contributed by atoms with Crippen molar-refractivity contribution in [2.24, 2.45) is 5.73 Å². The van der Waals surface area contributed by atoms with Gasteiger partial charge < -0.3 is 26.0 Å². The van der Waals surface area contributed by atoms with Crippen molar-refractivity contribution >= 4 is 35.6 Å². The predicted molar refractivity (Wildman–Crippen MR) is 196 cm³/mol. The molecule has 0 bridgehead atoms. The van der Waals surface area contributed by atoms with Crippen LogP contribution >= 0.6 is 0 Å². The van der Waals surface area contributed by atoms with Gasteiger partial charge in [-0.25, -0.2) is 0 Å². The summed E-state index contributed by atoms with van der Waals surface area (Å²) in [5.74, 6) is 0.112. The molecule has 0 radical (unpaired) electrons. The Bertz CT molecular complexity index is 1890. The lowest BCUT2D eigenvalue weighted by Gasteiger charge is -2.24. The highest BCUT2D eigenvalue weighted by atomic mass is 16.5. The summed E-state index contributed by atoms with van der Waals surface area (Å²) in [6.07, 6.45) is 4.20. The molecule has 0 spiro atoms. The maximum absolute atomic E-state index is 13.8. The Labute approximate surface area is 287 Å². The van der Waals surface area contributed by atoms with Crippen LogP contribution in [0.1, 0.15) is 32.6 Å². The van der Waals surface area contributed by atoms with Crippen LogP contribution in [-0.2, 0) is 22.6 Å². The number of carbonyl (C=O) groups is 3. The Hall–Kier alpha value is -5.99. The second-order valence-corrected chi connectivity index (χ2v) is 11.4.